The molecule has 1 aliphatic carbocycles. The highest BCUT2D eigenvalue weighted by Crippen LogP contribution is 2.24. The second-order valence-corrected chi connectivity index (χ2v) is 5.80. The fraction of sp³-hybridized carbons (Fsp3) is 0.438. The van der Waals surface area contributed by atoms with Crippen LogP contribution in [0.1, 0.15) is 25.7 Å². The predicted molar refractivity (Wildman–Crippen MR) is 89.9 cm³/mol. The highest BCUT2D eigenvalue weighted by Gasteiger charge is 2.23. The Morgan fingerprint density at radius 1 is 1.08 bits per heavy atom. The molecule has 9 nitrogen and oxygen atoms in total. The molecule has 1 saturated carbocycles. The average Bonchev–Trinajstić information content (AvgIpc) is 2.64. The van der Waals surface area contributed by atoms with E-state index in [1.807, 2.05) is 0 Å². The first-order valence-electron chi connectivity index (χ1n) is 8.05. The Morgan fingerprint density at radius 3 is 2.36 bits per heavy atom. The number of methoxy groups -OCH3 is 1. The first-order chi connectivity index (χ1) is 12.1. The third-order valence-electron chi connectivity index (χ3n) is 4.07. The second kappa shape index (κ2) is 7.73. The molecular formula is C16H20N6O3. The third kappa shape index (κ3) is 4.52. The Morgan fingerprint density at radius 2 is 1.80 bits per heavy atom. The monoisotopic (exact) mass is 344 g/mol. The van der Waals surface area contributed by atoms with Crippen LogP contribution in [0.2, 0.25) is 0 Å². The summed E-state index contributed by atoms with van der Waals surface area (Å²) in [6, 6.07) is 0.586. The lowest BCUT2D eigenvalue weighted by molar-refractivity contribution is 0.0805. The van der Waals surface area contributed by atoms with Crippen molar-refractivity contribution >= 4 is 11.9 Å². The smallest absolute Gasteiger partial charge is 0.404 e. The van der Waals surface area contributed by atoms with Crippen LogP contribution >= 0.6 is 0 Å². The largest absolute Gasteiger partial charge is 0.467 e. The number of anilines is 1. The SMILES string of the molecule is COc1ncc(-c2cnc(N[C@H]3CC[C@H](OC(N)=O)CC3)cn2)cn1. The predicted octanol–water partition coefficient (Wildman–Crippen LogP) is 1.76. The van der Waals surface area contributed by atoms with Crippen LogP contribution in [0.15, 0.2) is 24.8 Å². The first kappa shape index (κ1) is 16.9. The number of nitrogens with one attached hydrogen (secondary N) is 1. The molecule has 0 aromatic carbocycles. The van der Waals surface area contributed by atoms with E-state index in [4.69, 9.17) is 15.2 Å². The van der Waals surface area contributed by atoms with Gasteiger partial charge >= 0.3 is 12.1 Å². The maximum Gasteiger partial charge on any atom is 0.404 e. The van der Waals surface area contributed by atoms with Gasteiger partial charge in [0.1, 0.15) is 11.9 Å². The number of carbonyl (C=O) groups excluding carboxylic acids is 1. The summed E-state index contributed by atoms with van der Waals surface area (Å²) in [5, 5.41) is 3.36. The molecule has 1 fully saturated rings. The van der Waals surface area contributed by atoms with E-state index in [1.54, 1.807) is 24.8 Å². The molecule has 132 valence electrons. The Bertz CT molecular complexity index is 699. The van der Waals surface area contributed by atoms with Gasteiger partial charge in [0.05, 0.1) is 25.2 Å². The first-order valence-corrected chi connectivity index (χ1v) is 8.05. The highest BCUT2D eigenvalue weighted by atomic mass is 16.6. The quantitative estimate of drug-likeness (QED) is 0.840. The summed E-state index contributed by atoms with van der Waals surface area (Å²) in [5.74, 6) is 0.706. The minimum atomic E-state index is -0.708. The van der Waals surface area contributed by atoms with Crippen LogP contribution in [0, 0.1) is 0 Å². The Labute approximate surface area is 145 Å². The zero-order valence-electron chi connectivity index (χ0n) is 13.9. The van der Waals surface area contributed by atoms with E-state index in [-0.39, 0.29) is 12.1 Å². The Kier molecular flexibility index (Phi) is 5.22. The van der Waals surface area contributed by atoms with Gasteiger partial charge in [0.25, 0.3) is 0 Å². The number of hydrogen-bond acceptors (Lipinski definition) is 8. The molecule has 0 unspecified atom stereocenters. The van der Waals surface area contributed by atoms with Crippen LogP contribution in [0.3, 0.4) is 0 Å². The minimum Gasteiger partial charge on any atom is -0.467 e. The van der Waals surface area contributed by atoms with Gasteiger partial charge in [-0.25, -0.2) is 19.7 Å². The summed E-state index contributed by atoms with van der Waals surface area (Å²) >= 11 is 0. The zero-order valence-corrected chi connectivity index (χ0v) is 13.9. The topological polar surface area (TPSA) is 125 Å². The number of hydrogen-bond donors (Lipinski definition) is 2. The molecule has 0 aliphatic heterocycles. The van der Waals surface area contributed by atoms with Crippen molar-refractivity contribution in [2.24, 2.45) is 5.73 Å². The van der Waals surface area contributed by atoms with Gasteiger partial charge in [-0.15, -0.1) is 0 Å². The van der Waals surface area contributed by atoms with E-state index in [0.29, 0.717) is 17.5 Å². The lowest BCUT2D eigenvalue weighted by atomic mass is 9.93. The molecule has 9 heteroatoms. The van der Waals surface area contributed by atoms with Crippen LogP contribution in [0.4, 0.5) is 10.6 Å². The van der Waals surface area contributed by atoms with Crippen LogP contribution in [0.25, 0.3) is 11.3 Å². The normalized spacial score (nSPS) is 19.9. The van der Waals surface area contributed by atoms with Gasteiger partial charge in [-0.3, -0.25) is 4.98 Å². The summed E-state index contributed by atoms with van der Waals surface area (Å²) in [5.41, 5.74) is 6.50. The maximum atomic E-state index is 10.8. The van der Waals surface area contributed by atoms with Crippen molar-refractivity contribution in [3.63, 3.8) is 0 Å². The van der Waals surface area contributed by atoms with Gasteiger partial charge in [-0.2, -0.15) is 0 Å². The number of nitrogens with zero attached hydrogens (tertiary/aromatic N) is 4. The molecule has 3 rings (SSSR count). The number of nitrogens with two attached hydrogens (primary N) is 1. The van der Waals surface area contributed by atoms with E-state index in [0.717, 1.165) is 31.2 Å². The summed E-state index contributed by atoms with van der Waals surface area (Å²) < 4.78 is 9.97. The van der Waals surface area contributed by atoms with E-state index in [2.05, 4.69) is 25.3 Å². The van der Waals surface area contributed by atoms with Crippen LogP contribution in [0.5, 0.6) is 6.01 Å². The van der Waals surface area contributed by atoms with Crippen LogP contribution in [-0.2, 0) is 4.74 Å². The van der Waals surface area contributed by atoms with Crippen molar-refractivity contribution < 1.29 is 14.3 Å². The van der Waals surface area contributed by atoms with Crippen molar-refractivity contribution in [3.8, 4) is 17.3 Å². The van der Waals surface area contributed by atoms with Gasteiger partial charge in [0.15, 0.2) is 0 Å². The Hall–Kier alpha value is -2.97. The van der Waals surface area contributed by atoms with Gasteiger partial charge in [0, 0.05) is 24.0 Å². The molecule has 0 bridgehead atoms. The molecule has 0 atom stereocenters. The van der Waals surface area contributed by atoms with Crippen molar-refractivity contribution in [2.75, 3.05) is 12.4 Å². The van der Waals surface area contributed by atoms with E-state index in [9.17, 15) is 4.79 Å². The molecule has 0 saturated heterocycles. The summed E-state index contributed by atoms with van der Waals surface area (Å²) in [6.07, 6.45) is 9.19. The van der Waals surface area contributed by atoms with E-state index >= 15 is 0 Å². The summed E-state index contributed by atoms with van der Waals surface area (Å²) in [4.78, 5) is 27.7. The van der Waals surface area contributed by atoms with Gasteiger partial charge in [-0.1, -0.05) is 0 Å². The average molecular weight is 344 g/mol. The number of ether oxygens (including phenoxy) is 2. The number of primary amides is 1. The van der Waals surface area contributed by atoms with E-state index in [1.165, 1.54) is 7.11 Å². The lowest BCUT2D eigenvalue weighted by Gasteiger charge is -2.28. The standard InChI is InChI=1S/C16H20N6O3/c1-24-16-20-6-10(7-21-16)13-8-19-14(9-18-13)22-11-2-4-12(5-3-11)25-15(17)23/h6-9,11-12H,2-5H2,1H3,(H2,17,23)(H,19,22)/t11-,12-. The maximum absolute atomic E-state index is 10.8. The minimum absolute atomic E-state index is 0.0842. The molecule has 3 N–H and O–H groups in total. The van der Waals surface area contributed by atoms with Crippen molar-refractivity contribution in [1.29, 1.82) is 0 Å². The summed E-state index contributed by atoms with van der Waals surface area (Å²) in [6.45, 7) is 0. The molecule has 1 amide bonds. The van der Waals surface area contributed by atoms with Gasteiger partial charge in [-0.05, 0) is 25.7 Å². The second-order valence-electron chi connectivity index (χ2n) is 5.80. The Balaban J connectivity index is 1.55. The van der Waals surface area contributed by atoms with Crippen LogP contribution in [-0.4, -0.2) is 45.3 Å². The number of amides is 1. The highest BCUT2D eigenvalue weighted by molar-refractivity contribution is 5.64. The molecule has 0 radical (unpaired) electrons. The van der Waals surface area contributed by atoms with E-state index < -0.39 is 6.09 Å². The fourth-order valence-corrected chi connectivity index (χ4v) is 2.80. The fourth-order valence-electron chi connectivity index (χ4n) is 2.80. The molecule has 0 spiro atoms. The van der Waals surface area contributed by atoms with Crippen molar-refractivity contribution in [1.82, 2.24) is 19.9 Å². The molecule has 1 aliphatic rings. The molecule has 25 heavy (non-hydrogen) atoms. The lowest BCUT2D eigenvalue weighted by Crippen LogP contribution is -2.32. The molecule has 2 heterocycles. The number of aromatic nitrogens is 4. The van der Waals surface area contributed by atoms with Gasteiger partial charge in [0.2, 0.25) is 0 Å². The van der Waals surface area contributed by atoms with Gasteiger partial charge < -0.3 is 20.5 Å². The molecular weight excluding hydrogens is 324 g/mol. The molecule has 2 aromatic heterocycles. The number of rotatable bonds is 5. The summed E-state index contributed by atoms with van der Waals surface area (Å²) in [7, 11) is 1.52. The zero-order chi connectivity index (χ0) is 17.6. The van der Waals surface area contributed by atoms with Crippen LogP contribution < -0.4 is 15.8 Å². The third-order valence-corrected chi connectivity index (χ3v) is 4.07. The van der Waals surface area contributed by atoms with Crippen molar-refractivity contribution in [2.45, 2.75) is 37.8 Å². The molecule has 2 aromatic rings. The number of carbonyl (C=O) groups is 1. The van der Waals surface area contributed by atoms with Crippen molar-refractivity contribution in [3.05, 3.63) is 24.8 Å².